The van der Waals surface area contributed by atoms with Crippen LogP contribution >= 0.6 is 0 Å². The SMILES string of the molecule is Cc1cc(C)c(C(=Nc2c(C)cccc2C(C)C)Nc2c(C)cccc2C(C)C)c(C)c1. The number of nitrogens with zero attached hydrogens (tertiary/aromatic N) is 1. The summed E-state index contributed by atoms with van der Waals surface area (Å²) < 4.78 is 0. The lowest BCUT2D eigenvalue weighted by Crippen LogP contribution is -2.19. The Morgan fingerprint density at radius 1 is 0.688 bits per heavy atom. The zero-order valence-corrected chi connectivity index (χ0v) is 21.2. The minimum absolute atomic E-state index is 0.403. The molecule has 0 bridgehead atoms. The van der Waals surface area contributed by atoms with Crippen molar-refractivity contribution in [2.24, 2.45) is 4.99 Å². The second-order valence-corrected chi connectivity index (χ2v) is 9.72. The number of benzene rings is 3. The molecule has 0 radical (unpaired) electrons. The van der Waals surface area contributed by atoms with Gasteiger partial charge in [0.25, 0.3) is 0 Å². The summed E-state index contributed by atoms with van der Waals surface area (Å²) in [4.78, 5) is 5.34. The summed E-state index contributed by atoms with van der Waals surface area (Å²) in [5, 5.41) is 3.81. The molecule has 2 heteroatoms. The van der Waals surface area contributed by atoms with Crippen molar-refractivity contribution >= 4 is 17.2 Å². The highest BCUT2D eigenvalue weighted by Crippen LogP contribution is 2.33. The maximum absolute atomic E-state index is 5.34. The van der Waals surface area contributed by atoms with Crippen LogP contribution in [0.15, 0.2) is 53.5 Å². The van der Waals surface area contributed by atoms with Gasteiger partial charge in [-0.3, -0.25) is 0 Å². The van der Waals surface area contributed by atoms with Gasteiger partial charge < -0.3 is 5.32 Å². The van der Waals surface area contributed by atoms with Gasteiger partial charge in [0.05, 0.1) is 5.69 Å². The van der Waals surface area contributed by atoms with Crippen LogP contribution in [0.2, 0.25) is 0 Å². The first-order valence-corrected chi connectivity index (χ1v) is 11.7. The van der Waals surface area contributed by atoms with Crippen LogP contribution in [0, 0.1) is 34.6 Å². The Labute approximate surface area is 194 Å². The van der Waals surface area contributed by atoms with E-state index in [0.717, 1.165) is 11.5 Å². The Kier molecular flexibility index (Phi) is 7.23. The zero-order valence-electron chi connectivity index (χ0n) is 21.2. The van der Waals surface area contributed by atoms with Gasteiger partial charge in [-0.2, -0.15) is 0 Å². The number of amidine groups is 1. The van der Waals surface area contributed by atoms with E-state index in [9.17, 15) is 0 Å². The molecule has 0 amide bonds. The fourth-order valence-corrected chi connectivity index (χ4v) is 4.57. The van der Waals surface area contributed by atoms with Gasteiger partial charge in [-0.25, -0.2) is 4.99 Å². The quantitative estimate of drug-likeness (QED) is 0.320. The average Bonchev–Trinajstić information content (AvgIpc) is 2.69. The van der Waals surface area contributed by atoms with Gasteiger partial charge in [0.15, 0.2) is 0 Å². The van der Waals surface area contributed by atoms with E-state index in [1.54, 1.807) is 0 Å². The summed E-state index contributed by atoms with van der Waals surface area (Å²) in [6.45, 7) is 19.8. The molecule has 0 saturated heterocycles. The molecule has 0 heterocycles. The molecule has 3 aromatic rings. The number of hydrogen-bond acceptors (Lipinski definition) is 1. The monoisotopic (exact) mass is 426 g/mol. The topological polar surface area (TPSA) is 24.4 Å². The first kappa shape index (κ1) is 23.8. The third kappa shape index (κ3) is 4.96. The van der Waals surface area contributed by atoms with Gasteiger partial charge in [0.2, 0.25) is 0 Å². The summed E-state index contributed by atoms with van der Waals surface area (Å²) in [6.07, 6.45) is 0. The van der Waals surface area contributed by atoms with E-state index in [1.807, 2.05) is 0 Å². The van der Waals surface area contributed by atoms with Crippen LogP contribution in [0.25, 0.3) is 0 Å². The summed E-state index contributed by atoms with van der Waals surface area (Å²) in [5.41, 5.74) is 12.2. The van der Waals surface area contributed by atoms with Gasteiger partial charge in [-0.1, -0.05) is 81.8 Å². The van der Waals surface area contributed by atoms with Crippen LogP contribution in [0.4, 0.5) is 11.4 Å². The van der Waals surface area contributed by atoms with Crippen molar-refractivity contribution in [1.82, 2.24) is 0 Å². The summed E-state index contributed by atoms with van der Waals surface area (Å²) in [6, 6.07) is 17.5. The van der Waals surface area contributed by atoms with Gasteiger partial charge in [-0.05, 0) is 79.8 Å². The van der Waals surface area contributed by atoms with Crippen LogP contribution in [0.5, 0.6) is 0 Å². The molecule has 0 aliphatic heterocycles. The predicted octanol–water partition coefficient (Wildman–Crippen LogP) is 8.67. The lowest BCUT2D eigenvalue weighted by Gasteiger charge is -2.22. The van der Waals surface area contributed by atoms with E-state index < -0.39 is 0 Å². The number of aryl methyl sites for hydroxylation is 5. The fourth-order valence-electron chi connectivity index (χ4n) is 4.57. The maximum atomic E-state index is 5.34. The molecule has 3 rings (SSSR count). The third-order valence-corrected chi connectivity index (χ3v) is 6.20. The Morgan fingerprint density at radius 3 is 1.78 bits per heavy atom. The van der Waals surface area contributed by atoms with E-state index in [-0.39, 0.29) is 0 Å². The highest BCUT2D eigenvalue weighted by atomic mass is 15.0. The van der Waals surface area contributed by atoms with Crippen LogP contribution in [-0.2, 0) is 0 Å². The molecule has 0 aliphatic rings. The highest BCUT2D eigenvalue weighted by Gasteiger charge is 2.18. The molecule has 32 heavy (non-hydrogen) atoms. The highest BCUT2D eigenvalue weighted by molar-refractivity contribution is 6.12. The van der Waals surface area contributed by atoms with Crippen molar-refractivity contribution in [2.75, 3.05) is 5.32 Å². The molecular weight excluding hydrogens is 388 g/mol. The van der Waals surface area contributed by atoms with E-state index in [1.165, 1.54) is 50.2 Å². The molecule has 0 aliphatic carbocycles. The molecule has 0 saturated carbocycles. The summed E-state index contributed by atoms with van der Waals surface area (Å²) in [5.74, 6) is 1.75. The number of hydrogen-bond donors (Lipinski definition) is 1. The largest absolute Gasteiger partial charge is 0.339 e. The minimum atomic E-state index is 0.403. The zero-order chi connectivity index (χ0) is 23.6. The minimum Gasteiger partial charge on any atom is -0.339 e. The molecule has 0 aromatic heterocycles. The molecule has 1 N–H and O–H groups in total. The van der Waals surface area contributed by atoms with Gasteiger partial charge in [0, 0.05) is 11.3 Å². The summed E-state index contributed by atoms with van der Waals surface area (Å²) >= 11 is 0. The van der Waals surface area contributed by atoms with Gasteiger partial charge in [0.1, 0.15) is 5.84 Å². The van der Waals surface area contributed by atoms with Crippen molar-refractivity contribution in [3.8, 4) is 0 Å². The summed E-state index contributed by atoms with van der Waals surface area (Å²) in [7, 11) is 0. The van der Waals surface area contributed by atoms with Crippen LogP contribution in [0.3, 0.4) is 0 Å². The lowest BCUT2D eigenvalue weighted by atomic mass is 9.95. The molecular formula is C30H38N2. The first-order chi connectivity index (χ1) is 15.1. The van der Waals surface area contributed by atoms with Crippen LogP contribution in [-0.4, -0.2) is 5.84 Å². The van der Waals surface area contributed by atoms with Crippen LogP contribution in [0.1, 0.15) is 84.0 Å². The van der Waals surface area contributed by atoms with E-state index in [4.69, 9.17) is 4.99 Å². The first-order valence-electron chi connectivity index (χ1n) is 11.7. The van der Waals surface area contributed by atoms with E-state index in [0.29, 0.717) is 11.8 Å². The maximum Gasteiger partial charge on any atom is 0.138 e. The normalized spacial score (nSPS) is 12.0. The Morgan fingerprint density at radius 2 is 1.22 bits per heavy atom. The van der Waals surface area contributed by atoms with Crippen LogP contribution < -0.4 is 5.32 Å². The number of anilines is 1. The molecule has 0 unspecified atom stereocenters. The number of aliphatic imine (C=N–C) groups is 1. The Bertz CT molecular complexity index is 1130. The second-order valence-electron chi connectivity index (χ2n) is 9.72. The standard InChI is InChI=1S/C30H38N2/c1-18(2)25-14-10-12-21(6)28(25)31-30(27-23(8)16-20(5)17-24(27)9)32-29-22(7)13-11-15-26(29)19(3)4/h10-19H,1-9H3,(H,31,32). The van der Waals surface area contributed by atoms with Crippen molar-refractivity contribution < 1.29 is 0 Å². The molecule has 2 nitrogen and oxygen atoms in total. The van der Waals surface area contributed by atoms with Gasteiger partial charge >= 0.3 is 0 Å². The number of rotatable bonds is 5. The molecule has 3 aromatic carbocycles. The number of para-hydroxylation sites is 2. The fraction of sp³-hybridized carbons (Fsp3) is 0.367. The molecule has 0 atom stereocenters. The van der Waals surface area contributed by atoms with Crippen molar-refractivity contribution in [3.63, 3.8) is 0 Å². The molecule has 168 valence electrons. The smallest absolute Gasteiger partial charge is 0.138 e. The van der Waals surface area contributed by atoms with E-state index in [2.05, 4.69) is 116 Å². The van der Waals surface area contributed by atoms with Crippen molar-refractivity contribution in [2.45, 2.75) is 74.1 Å². The lowest BCUT2D eigenvalue weighted by molar-refractivity contribution is 0.864. The predicted molar refractivity (Wildman–Crippen MR) is 141 cm³/mol. The average molecular weight is 427 g/mol. The molecule has 0 fully saturated rings. The number of nitrogens with one attached hydrogen (secondary N) is 1. The van der Waals surface area contributed by atoms with Crippen molar-refractivity contribution in [3.05, 3.63) is 93.0 Å². The molecule has 0 spiro atoms. The van der Waals surface area contributed by atoms with Gasteiger partial charge in [-0.15, -0.1) is 0 Å². The van der Waals surface area contributed by atoms with E-state index >= 15 is 0 Å². The third-order valence-electron chi connectivity index (χ3n) is 6.20. The van der Waals surface area contributed by atoms with Crippen molar-refractivity contribution in [1.29, 1.82) is 0 Å². The Hall–Kier alpha value is -2.87. The second kappa shape index (κ2) is 9.73. The Balaban J connectivity index is 2.31.